The Morgan fingerprint density at radius 2 is 1.84 bits per heavy atom. The average molecular weight is 708 g/mol. The predicted molar refractivity (Wildman–Crippen MR) is 199 cm³/mol. The minimum Gasteiger partial charge on any atom is -0.490 e. The Labute approximate surface area is 303 Å². The standard InChI is InChI=1S/C35H46FN7O4.2C2H6/c1-5-43(24(2)3)34(44)27-16-25(36)6-7-30(27)47-32-19-38-23-40-33(32)42-21-35(22-42)17-26(18-35)46-31-8-10-39-29-9-12-41(20-28(29)31)13-15-45-14-11-37-4;2*1-2/h6-8,10,16,19,23-24,26,37H,5,9,11-15,17-18,20-22H2,1-4H3;2*1-2H3. The van der Waals surface area contributed by atoms with E-state index in [0.717, 1.165) is 76.6 Å². The SMILES string of the molecule is CC.CC.CCN(C(=O)c1cc(F)ccc1Oc1cncnc1N1CC2(CC(Oc3ccnc4c3CN(CCOCCNC)CC4)C2)C1)C(C)C. The molecule has 4 heterocycles. The van der Waals surface area contributed by atoms with Crippen LogP contribution in [-0.2, 0) is 17.7 Å². The molecule has 1 spiro atoms. The Morgan fingerprint density at radius 1 is 1.08 bits per heavy atom. The molecule has 0 bridgehead atoms. The van der Waals surface area contributed by atoms with Crippen LogP contribution < -0.4 is 19.7 Å². The molecule has 1 aromatic carbocycles. The van der Waals surface area contributed by atoms with Gasteiger partial charge in [0.2, 0.25) is 0 Å². The number of halogens is 1. The molecule has 0 radical (unpaired) electrons. The van der Waals surface area contributed by atoms with E-state index in [0.29, 0.717) is 24.7 Å². The van der Waals surface area contributed by atoms with Gasteiger partial charge in [0.05, 0.1) is 25.0 Å². The molecule has 12 heteroatoms. The monoisotopic (exact) mass is 707 g/mol. The zero-order valence-electron chi connectivity index (χ0n) is 31.9. The minimum atomic E-state index is -0.494. The van der Waals surface area contributed by atoms with Gasteiger partial charge in [0, 0.05) is 81.1 Å². The number of benzene rings is 1. The third kappa shape index (κ3) is 9.72. The number of carbonyl (C=O) groups is 1. The van der Waals surface area contributed by atoms with Gasteiger partial charge >= 0.3 is 0 Å². The first-order valence-electron chi connectivity index (χ1n) is 18.7. The molecule has 51 heavy (non-hydrogen) atoms. The second-order valence-corrected chi connectivity index (χ2v) is 13.1. The molecule has 1 aliphatic carbocycles. The van der Waals surface area contributed by atoms with Crippen LogP contribution in [0.15, 0.2) is 43.0 Å². The molecule has 6 rings (SSSR count). The molecule has 2 aromatic heterocycles. The van der Waals surface area contributed by atoms with Gasteiger partial charge in [0.1, 0.15) is 29.7 Å². The summed E-state index contributed by atoms with van der Waals surface area (Å²) in [6, 6.07) is 5.99. The van der Waals surface area contributed by atoms with Gasteiger partial charge in [-0.15, -0.1) is 0 Å². The Hall–Kier alpha value is -3.87. The molecular formula is C39H58FN7O4. The summed E-state index contributed by atoms with van der Waals surface area (Å²) in [5, 5.41) is 3.11. The van der Waals surface area contributed by atoms with Gasteiger partial charge in [-0.3, -0.25) is 14.7 Å². The van der Waals surface area contributed by atoms with Crippen LogP contribution >= 0.6 is 0 Å². The van der Waals surface area contributed by atoms with Gasteiger partial charge in [0.15, 0.2) is 11.6 Å². The van der Waals surface area contributed by atoms with Crippen molar-refractivity contribution in [2.75, 3.05) is 64.4 Å². The molecular weight excluding hydrogens is 649 g/mol. The third-order valence-electron chi connectivity index (χ3n) is 9.44. The fourth-order valence-corrected chi connectivity index (χ4v) is 6.97. The number of hydrogen-bond donors (Lipinski definition) is 1. The summed E-state index contributed by atoms with van der Waals surface area (Å²) in [6.07, 6.45) is 7.95. The van der Waals surface area contributed by atoms with E-state index < -0.39 is 5.82 Å². The van der Waals surface area contributed by atoms with Crippen molar-refractivity contribution >= 4 is 11.7 Å². The number of aromatic nitrogens is 3. The van der Waals surface area contributed by atoms with E-state index in [-0.39, 0.29) is 34.8 Å². The minimum absolute atomic E-state index is 0.0381. The summed E-state index contributed by atoms with van der Waals surface area (Å²) in [5.41, 5.74) is 2.66. The van der Waals surface area contributed by atoms with Crippen LogP contribution in [0.3, 0.4) is 0 Å². The lowest BCUT2D eigenvalue weighted by atomic mass is 9.61. The molecule has 1 amide bonds. The lowest BCUT2D eigenvalue weighted by molar-refractivity contribution is -0.0353. The molecule has 1 saturated heterocycles. The molecule has 280 valence electrons. The topological polar surface area (TPSA) is 105 Å². The Balaban J connectivity index is 0.00000141. The maximum absolute atomic E-state index is 14.3. The second-order valence-electron chi connectivity index (χ2n) is 13.1. The van der Waals surface area contributed by atoms with Gasteiger partial charge < -0.3 is 29.3 Å². The summed E-state index contributed by atoms with van der Waals surface area (Å²) >= 11 is 0. The number of carbonyl (C=O) groups excluding carboxylic acids is 1. The number of amides is 1. The molecule has 2 aliphatic heterocycles. The number of likely N-dealkylation sites (N-methyl/N-ethyl adjacent to an activating group) is 1. The Bertz CT molecular complexity index is 1540. The van der Waals surface area contributed by atoms with Gasteiger partial charge in [-0.2, -0.15) is 0 Å². The van der Waals surface area contributed by atoms with Crippen molar-refractivity contribution in [3.63, 3.8) is 0 Å². The maximum Gasteiger partial charge on any atom is 0.257 e. The summed E-state index contributed by atoms with van der Waals surface area (Å²) in [6.45, 7) is 20.9. The summed E-state index contributed by atoms with van der Waals surface area (Å²) in [7, 11) is 1.93. The normalized spacial score (nSPS) is 16.2. The molecule has 0 atom stereocenters. The van der Waals surface area contributed by atoms with Crippen molar-refractivity contribution in [3.05, 3.63) is 65.6 Å². The smallest absolute Gasteiger partial charge is 0.257 e. The first-order chi connectivity index (χ1) is 24.8. The number of fused-ring (bicyclic) bond motifs is 1. The molecule has 3 aromatic rings. The maximum atomic E-state index is 14.3. The van der Waals surface area contributed by atoms with Crippen molar-refractivity contribution in [2.24, 2.45) is 5.41 Å². The summed E-state index contributed by atoms with van der Waals surface area (Å²) < 4.78 is 32.9. The zero-order valence-corrected chi connectivity index (χ0v) is 31.9. The van der Waals surface area contributed by atoms with Crippen molar-refractivity contribution < 1.29 is 23.4 Å². The first kappa shape index (κ1) is 39.9. The number of nitrogens with one attached hydrogen (secondary N) is 1. The van der Waals surface area contributed by atoms with Crippen LogP contribution in [0, 0.1) is 11.2 Å². The highest BCUT2D eigenvalue weighted by Gasteiger charge is 2.54. The summed E-state index contributed by atoms with van der Waals surface area (Å²) in [5.74, 6) is 1.54. The average Bonchev–Trinajstić information content (AvgIpc) is 3.11. The second kappa shape index (κ2) is 19.1. The fraction of sp³-hybridized carbons (Fsp3) is 0.590. The number of ether oxygens (including phenoxy) is 3. The highest BCUT2D eigenvalue weighted by molar-refractivity contribution is 5.97. The van der Waals surface area contributed by atoms with E-state index in [1.54, 1.807) is 11.1 Å². The van der Waals surface area contributed by atoms with Gasteiger partial charge in [-0.05, 0) is 64.9 Å². The Morgan fingerprint density at radius 3 is 2.55 bits per heavy atom. The molecule has 1 N–H and O–H groups in total. The Kier molecular flexibility index (Phi) is 14.9. The molecule has 0 unspecified atom stereocenters. The van der Waals surface area contributed by atoms with Crippen molar-refractivity contribution in [2.45, 2.75) is 86.4 Å². The molecule has 2 fully saturated rings. The first-order valence-corrected chi connectivity index (χ1v) is 18.7. The van der Waals surface area contributed by atoms with Crippen LogP contribution in [0.2, 0.25) is 0 Å². The van der Waals surface area contributed by atoms with Crippen LogP contribution in [0.5, 0.6) is 17.2 Å². The van der Waals surface area contributed by atoms with Crippen molar-refractivity contribution in [3.8, 4) is 17.2 Å². The number of hydrogen-bond acceptors (Lipinski definition) is 10. The van der Waals surface area contributed by atoms with Crippen LogP contribution in [-0.4, -0.2) is 102 Å². The van der Waals surface area contributed by atoms with Crippen molar-refractivity contribution in [1.29, 1.82) is 0 Å². The number of rotatable bonds is 14. The van der Waals surface area contributed by atoms with E-state index in [9.17, 15) is 9.18 Å². The van der Waals surface area contributed by atoms with E-state index >= 15 is 0 Å². The van der Waals surface area contributed by atoms with E-state index in [4.69, 9.17) is 14.2 Å². The zero-order chi connectivity index (χ0) is 37.0. The van der Waals surface area contributed by atoms with E-state index in [1.165, 1.54) is 30.1 Å². The lowest BCUT2D eigenvalue weighted by Gasteiger charge is -2.59. The molecule has 11 nitrogen and oxygen atoms in total. The van der Waals surface area contributed by atoms with E-state index in [1.807, 2.05) is 67.8 Å². The van der Waals surface area contributed by atoms with Gasteiger partial charge in [-0.25, -0.2) is 14.4 Å². The third-order valence-corrected chi connectivity index (χ3v) is 9.44. The van der Waals surface area contributed by atoms with Crippen LogP contribution in [0.25, 0.3) is 0 Å². The van der Waals surface area contributed by atoms with Gasteiger partial charge in [0.25, 0.3) is 5.91 Å². The van der Waals surface area contributed by atoms with Gasteiger partial charge in [-0.1, -0.05) is 27.7 Å². The quantitative estimate of drug-likeness (QED) is 0.190. The van der Waals surface area contributed by atoms with Crippen molar-refractivity contribution in [1.82, 2.24) is 30.1 Å². The number of pyridine rings is 1. The molecule has 3 aliphatic rings. The highest BCUT2D eigenvalue weighted by Crippen LogP contribution is 2.52. The largest absolute Gasteiger partial charge is 0.490 e. The summed E-state index contributed by atoms with van der Waals surface area (Å²) in [4.78, 5) is 33.0. The molecule has 1 saturated carbocycles. The van der Waals surface area contributed by atoms with E-state index in [2.05, 4.69) is 30.1 Å². The highest BCUT2D eigenvalue weighted by atomic mass is 19.1. The number of nitrogens with zero attached hydrogens (tertiary/aromatic N) is 6. The fourth-order valence-electron chi connectivity index (χ4n) is 6.97. The number of anilines is 1. The van der Waals surface area contributed by atoms with Crippen LogP contribution in [0.1, 0.15) is 82.9 Å². The van der Waals surface area contributed by atoms with Crippen LogP contribution in [0.4, 0.5) is 10.2 Å². The lowest BCUT2D eigenvalue weighted by Crippen LogP contribution is -2.65. The predicted octanol–water partition coefficient (Wildman–Crippen LogP) is 6.37.